The van der Waals surface area contributed by atoms with E-state index in [1.807, 2.05) is 14.0 Å². The zero-order chi connectivity index (χ0) is 26.5. The maximum absolute atomic E-state index is 13.1. The molecule has 0 unspecified atom stereocenters. The summed E-state index contributed by atoms with van der Waals surface area (Å²) in [5.41, 5.74) is 4.56. The number of halogens is 3. The van der Waals surface area contributed by atoms with Gasteiger partial charge in [-0.15, -0.1) is 0 Å². The van der Waals surface area contributed by atoms with Crippen molar-refractivity contribution in [3.63, 3.8) is 0 Å². The predicted octanol–water partition coefficient (Wildman–Crippen LogP) is 4.57. The SMILES string of the molecule is Cc1nn(Cc2cccc(C(F)(F)F)c2)c(C)c1NC(=O)c1cc2nccc(-c3cnn(C)c3C)n2n1. The van der Waals surface area contributed by atoms with Gasteiger partial charge >= 0.3 is 6.18 Å². The molecule has 0 spiro atoms. The smallest absolute Gasteiger partial charge is 0.317 e. The van der Waals surface area contributed by atoms with Gasteiger partial charge < -0.3 is 5.32 Å². The summed E-state index contributed by atoms with van der Waals surface area (Å²) in [4.78, 5) is 17.5. The van der Waals surface area contributed by atoms with E-state index in [0.717, 1.165) is 29.1 Å². The van der Waals surface area contributed by atoms with E-state index >= 15 is 0 Å². The third-order valence-corrected chi connectivity index (χ3v) is 6.31. The van der Waals surface area contributed by atoms with E-state index in [-0.39, 0.29) is 12.2 Å². The van der Waals surface area contributed by atoms with Crippen molar-refractivity contribution < 1.29 is 18.0 Å². The number of nitrogens with zero attached hydrogens (tertiary/aromatic N) is 7. The fourth-order valence-electron chi connectivity index (χ4n) is 4.19. The summed E-state index contributed by atoms with van der Waals surface area (Å²) < 4.78 is 44.2. The first-order valence-corrected chi connectivity index (χ1v) is 11.4. The molecule has 0 aliphatic rings. The Hall–Kier alpha value is -4.48. The summed E-state index contributed by atoms with van der Waals surface area (Å²) in [7, 11) is 1.84. The lowest BCUT2D eigenvalue weighted by molar-refractivity contribution is -0.137. The molecule has 5 rings (SSSR count). The number of hydrogen-bond acceptors (Lipinski definition) is 5. The van der Waals surface area contributed by atoms with Gasteiger partial charge in [0.2, 0.25) is 0 Å². The van der Waals surface area contributed by atoms with Gasteiger partial charge in [-0.05, 0) is 44.5 Å². The molecule has 0 saturated heterocycles. The molecule has 0 atom stereocenters. The standard InChI is InChI=1S/C25H23F3N8O/c1-14-23(16(3)35(32-14)13-17-6-5-7-18(10-17)25(26,27)28)31-24(37)20-11-22-29-9-8-21(36(22)33-20)19-12-30-34(4)15(19)2/h5-12H,13H2,1-4H3,(H,31,37). The van der Waals surface area contributed by atoms with Crippen molar-refractivity contribution >= 4 is 17.2 Å². The molecule has 37 heavy (non-hydrogen) atoms. The van der Waals surface area contributed by atoms with Crippen molar-refractivity contribution in [2.45, 2.75) is 33.5 Å². The number of carbonyl (C=O) groups excluding carboxylic acids is 1. The minimum atomic E-state index is -4.43. The molecule has 1 amide bonds. The minimum Gasteiger partial charge on any atom is -0.317 e. The summed E-state index contributed by atoms with van der Waals surface area (Å²) in [6.07, 6.45) is -1.05. The first-order chi connectivity index (χ1) is 17.5. The van der Waals surface area contributed by atoms with Crippen LogP contribution in [0, 0.1) is 20.8 Å². The molecule has 1 N–H and O–H groups in total. The average Bonchev–Trinajstić information content (AvgIpc) is 3.51. The molecule has 0 aliphatic heterocycles. The Morgan fingerprint density at radius 1 is 1.05 bits per heavy atom. The van der Waals surface area contributed by atoms with Gasteiger partial charge in [-0.3, -0.25) is 14.2 Å². The molecule has 9 nitrogen and oxygen atoms in total. The van der Waals surface area contributed by atoms with E-state index in [1.54, 1.807) is 58.3 Å². The molecule has 12 heteroatoms. The fourth-order valence-corrected chi connectivity index (χ4v) is 4.19. The van der Waals surface area contributed by atoms with Crippen LogP contribution in [-0.4, -0.2) is 40.1 Å². The summed E-state index contributed by atoms with van der Waals surface area (Å²) in [6.45, 7) is 5.53. The fraction of sp³-hybridized carbons (Fsp3) is 0.240. The Balaban J connectivity index is 1.41. The molecule has 190 valence electrons. The number of benzene rings is 1. The van der Waals surface area contributed by atoms with Crippen molar-refractivity contribution in [1.29, 1.82) is 0 Å². The maximum atomic E-state index is 13.1. The Labute approximate surface area is 209 Å². The summed E-state index contributed by atoms with van der Waals surface area (Å²) >= 11 is 0. The Bertz CT molecular complexity index is 1640. The molecule has 0 bridgehead atoms. The third kappa shape index (κ3) is 4.46. The van der Waals surface area contributed by atoms with E-state index in [1.165, 1.54) is 6.07 Å². The van der Waals surface area contributed by atoms with Crippen LogP contribution in [0.25, 0.3) is 16.9 Å². The summed E-state index contributed by atoms with van der Waals surface area (Å²) in [5, 5.41) is 16.0. The van der Waals surface area contributed by atoms with Gasteiger partial charge in [-0.2, -0.15) is 28.5 Å². The van der Waals surface area contributed by atoms with Crippen LogP contribution >= 0.6 is 0 Å². The number of hydrogen-bond donors (Lipinski definition) is 1. The van der Waals surface area contributed by atoms with Crippen LogP contribution in [-0.2, 0) is 19.8 Å². The van der Waals surface area contributed by atoms with Gasteiger partial charge in [0.05, 0.1) is 41.1 Å². The van der Waals surface area contributed by atoms with Crippen molar-refractivity contribution in [2.75, 3.05) is 5.32 Å². The van der Waals surface area contributed by atoms with E-state index in [0.29, 0.717) is 28.3 Å². The second-order valence-corrected chi connectivity index (χ2v) is 8.75. The van der Waals surface area contributed by atoms with Crippen LogP contribution < -0.4 is 5.32 Å². The lowest BCUT2D eigenvalue weighted by Crippen LogP contribution is -2.14. The second kappa shape index (κ2) is 8.87. The van der Waals surface area contributed by atoms with Crippen molar-refractivity contribution in [1.82, 2.24) is 34.2 Å². The van der Waals surface area contributed by atoms with Crippen LogP contribution in [0.15, 0.2) is 48.8 Å². The highest BCUT2D eigenvalue weighted by molar-refractivity contribution is 6.04. The Kier molecular flexibility index (Phi) is 5.81. The van der Waals surface area contributed by atoms with Crippen LogP contribution in [0.4, 0.5) is 18.9 Å². The van der Waals surface area contributed by atoms with Crippen molar-refractivity contribution in [2.24, 2.45) is 7.05 Å². The van der Waals surface area contributed by atoms with E-state index in [4.69, 9.17) is 0 Å². The Morgan fingerprint density at radius 2 is 1.84 bits per heavy atom. The van der Waals surface area contributed by atoms with Crippen LogP contribution in [0.3, 0.4) is 0 Å². The predicted molar refractivity (Wildman–Crippen MR) is 130 cm³/mol. The molecule has 4 heterocycles. The number of fused-ring (bicyclic) bond motifs is 1. The average molecular weight is 509 g/mol. The van der Waals surface area contributed by atoms with Crippen LogP contribution in [0.2, 0.25) is 0 Å². The molecule has 1 aromatic carbocycles. The zero-order valence-corrected chi connectivity index (χ0v) is 20.5. The highest BCUT2D eigenvalue weighted by Crippen LogP contribution is 2.30. The highest BCUT2D eigenvalue weighted by Gasteiger charge is 2.30. The maximum Gasteiger partial charge on any atom is 0.416 e. The second-order valence-electron chi connectivity index (χ2n) is 8.75. The normalized spacial score (nSPS) is 11.9. The molecule has 0 saturated carbocycles. The topological polar surface area (TPSA) is 94.9 Å². The lowest BCUT2D eigenvalue weighted by Gasteiger charge is -2.10. The highest BCUT2D eigenvalue weighted by atomic mass is 19.4. The number of nitrogens with one attached hydrogen (secondary N) is 1. The molecular weight excluding hydrogens is 485 g/mol. The quantitative estimate of drug-likeness (QED) is 0.375. The van der Waals surface area contributed by atoms with Crippen molar-refractivity contribution in [3.05, 3.63) is 82.7 Å². The Morgan fingerprint density at radius 3 is 2.54 bits per heavy atom. The molecule has 0 aliphatic carbocycles. The number of aromatic nitrogens is 7. The molecular formula is C25H23F3N8O. The monoisotopic (exact) mass is 508 g/mol. The van der Waals surface area contributed by atoms with E-state index in [2.05, 4.69) is 25.6 Å². The van der Waals surface area contributed by atoms with Crippen molar-refractivity contribution in [3.8, 4) is 11.3 Å². The van der Waals surface area contributed by atoms with Gasteiger partial charge in [0.1, 0.15) is 0 Å². The number of aryl methyl sites for hydroxylation is 2. The molecule has 4 aromatic heterocycles. The molecule has 5 aromatic rings. The van der Waals surface area contributed by atoms with Gasteiger partial charge in [0.25, 0.3) is 5.91 Å². The van der Waals surface area contributed by atoms with Crippen LogP contribution in [0.1, 0.15) is 38.7 Å². The van der Waals surface area contributed by atoms with Gasteiger partial charge in [0.15, 0.2) is 11.3 Å². The lowest BCUT2D eigenvalue weighted by atomic mass is 10.1. The number of rotatable bonds is 5. The largest absolute Gasteiger partial charge is 0.416 e. The number of carbonyl (C=O) groups is 1. The van der Waals surface area contributed by atoms with Gasteiger partial charge in [-0.1, -0.05) is 12.1 Å². The van der Waals surface area contributed by atoms with E-state index in [9.17, 15) is 18.0 Å². The van der Waals surface area contributed by atoms with Gasteiger partial charge in [0, 0.05) is 30.6 Å². The number of amides is 1. The summed E-state index contributed by atoms with van der Waals surface area (Å²) in [5.74, 6) is -0.454. The molecule has 0 fully saturated rings. The van der Waals surface area contributed by atoms with Gasteiger partial charge in [-0.25, -0.2) is 9.50 Å². The van der Waals surface area contributed by atoms with E-state index < -0.39 is 17.6 Å². The van der Waals surface area contributed by atoms with Crippen LogP contribution in [0.5, 0.6) is 0 Å². The number of anilines is 1. The molecule has 0 radical (unpaired) electrons. The first kappa shape index (κ1) is 24.2. The first-order valence-electron chi connectivity index (χ1n) is 11.4. The third-order valence-electron chi connectivity index (χ3n) is 6.31. The number of alkyl halides is 3. The minimum absolute atomic E-state index is 0.124. The zero-order valence-electron chi connectivity index (χ0n) is 20.5. The summed E-state index contributed by atoms with van der Waals surface area (Å²) in [6, 6.07) is 8.49.